The van der Waals surface area contributed by atoms with Crippen LogP contribution in [-0.2, 0) is 17.1 Å². The number of rotatable bonds is 6. The Morgan fingerprint density at radius 3 is 3.00 bits per heavy atom. The van der Waals surface area contributed by atoms with Gasteiger partial charge in [-0.1, -0.05) is 29.1 Å². The molecule has 3 rings (SSSR count). The topological polar surface area (TPSA) is 66.0 Å². The average molecular weight is 330 g/mol. The van der Waals surface area contributed by atoms with Gasteiger partial charge in [-0.25, -0.2) is 4.98 Å². The van der Waals surface area contributed by atoms with E-state index in [2.05, 4.69) is 51.7 Å². The molecule has 0 saturated carbocycles. The van der Waals surface area contributed by atoms with Crippen LogP contribution in [0, 0.1) is 13.8 Å². The van der Waals surface area contributed by atoms with Gasteiger partial charge in [0.2, 0.25) is 5.89 Å². The molecular weight excluding hydrogens is 312 g/mol. The molecule has 6 nitrogen and oxygen atoms in total. The Bertz CT molecular complexity index is 797. The first-order valence-electron chi connectivity index (χ1n) is 7.21. The number of methoxy groups -OCH3 is 1. The number of hydrogen-bond donors (Lipinski definition) is 0. The lowest BCUT2D eigenvalue weighted by Crippen LogP contribution is -1.99. The third-order valence-electron chi connectivity index (χ3n) is 3.34. The zero-order valence-corrected chi connectivity index (χ0v) is 14.1. The zero-order chi connectivity index (χ0) is 16.2. The second-order valence-electron chi connectivity index (χ2n) is 5.20. The van der Waals surface area contributed by atoms with Crippen LogP contribution in [0.3, 0.4) is 0 Å². The van der Waals surface area contributed by atoms with Crippen LogP contribution in [-0.4, -0.2) is 26.8 Å². The van der Waals surface area contributed by atoms with E-state index in [4.69, 9.17) is 9.26 Å². The summed E-state index contributed by atoms with van der Waals surface area (Å²) in [6.45, 7) is 4.53. The zero-order valence-electron chi connectivity index (χ0n) is 13.3. The minimum absolute atomic E-state index is 0.352. The predicted molar refractivity (Wildman–Crippen MR) is 87.6 cm³/mol. The molecule has 0 amide bonds. The van der Waals surface area contributed by atoms with Crippen molar-refractivity contribution in [1.29, 1.82) is 0 Å². The van der Waals surface area contributed by atoms with E-state index in [0.29, 0.717) is 24.1 Å². The molecule has 2 heterocycles. The average Bonchev–Trinajstić information content (AvgIpc) is 3.17. The molecule has 0 unspecified atom stereocenters. The molecule has 2 aromatic heterocycles. The number of imidazole rings is 1. The van der Waals surface area contributed by atoms with Gasteiger partial charge >= 0.3 is 0 Å². The van der Waals surface area contributed by atoms with Gasteiger partial charge in [0.25, 0.3) is 0 Å². The molecular formula is C16H18N4O2S. The highest BCUT2D eigenvalue weighted by molar-refractivity contribution is 7.98. The lowest BCUT2D eigenvalue weighted by atomic mass is 10.1. The molecule has 0 N–H and O–H groups in total. The Kier molecular flexibility index (Phi) is 4.78. The van der Waals surface area contributed by atoms with Crippen LogP contribution < -0.4 is 0 Å². The maximum absolute atomic E-state index is 5.20. The van der Waals surface area contributed by atoms with Crippen molar-refractivity contribution < 1.29 is 9.26 Å². The van der Waals surface area contributed by atoms with E-state index in [0.717, 1.165) is 10.8 Å². The first-order valence-corrected chi connectivity index (χ1v) is 8.20. The standard InChI is InChI=1S/C16H18N4O2S/c1-11-4-5-12(2)13(8-11)20-7-6-17-16(20)23-10-15-18-14(9-21-3)19-22-15/h4-8H,9-10H2,1-3H3. The summed E-state index contributed by atoms with van der Waals surface area (Å²) in [5.74, 6) is 1.69. The van der Waals surface area contributed by atoms with Crippen molar-refractivity contribution in [3.05, 3.63) is 53.4 Å². The summed E-state index contributed by atoms with van der Waals surface area (Å²) in [5.41, 5.74) is 3.56. The van der Waals surface area contributed by atoms with Gasteiger partial charge in [0.1, 0.15) is 6.61 Å². The molecule has 0 aliphatic rings. The van der Waals surface area contributed by atoms with E-state index in [1.807, 2.05) is 6.20 Å². The fourth-order valence-corrected chi connectivity index (χ4v) is 3.03. The summed E-state index contributed by atoms with van der Waals surface area (Å²) in [7, 11) is 1.60. The monoisotopic (exact) mass is 330 g/mol. The van der Waals surface area contributed by atoms with Gasteiger partial charge in [0.05, 0.1) is 11.4 Å². The smallest absolute Gasteiger partial charge is 0.237 e. The van der Waals surface area contributed by atoms with Crippen molar-refractivity contribution in [3.8, 4) is 5.69 Å². The minimum Gasteiger partial charge on any atom is -0.377 e. The lowest BCUT2D eigenvalue weighted by Gasteiger charge is -2.10. The third kappa shape index (κ3) is 3.62. The number of thioether (sulfide) groups is 1. The van der Waals surface area contributed by atoms with Crippen molar-refractivity contribution in [1.82, 2.24) is 19.7 Å². The first-order chi connectivity index (χ1) is 11.2. The van der Waals surface area contributed by atoms with Crippen LogP contribution in [0.1, 0.15) is 22.8 Å². The van der Waals surface area contributed by atoms with Crippen molar-refractivity contribution in [2.75, 3.05) is 7.11 Å². The summed E-state index contributed by atoms with van der Waals surface area (Å²) >= 11 is 1.56. The number of nitrogens with zero attached hydrogens (tertiary/aromatic N) is 4. The van der Waals surface area contributed by atoms with Gasteiger partial charge in [-0.2, -0.15) is 4.98 Å². The molecule has 0 bridgehead atoms. The highest BCUT2D eigenvalue weighted by atomic mass is 32.2. The van der Waals surface area contributed by atoms with Crippen LogP contribution in [0.4, 0.5) is 0 Å². The number of ether oxygens (including phenoxy) is 1. The molecule has 3 aromatic rings. The Hall–Kier alpha value is -2.12. The highest BCUT2D eigenvalue weighted by Gasteiger charge is 2.11. The van der Waals surface area contributed by atoms with Gasteiger partial charge in [-0.15, -0.1) is 0 Å². The summed E-state index contributed by atoms with van der Waals surface area (Å²) in [5, 5.41) is 4.75. The number of hydrogen-bond acceptors (Lipinski definition) is 6. The fourth-order valence-electron chi connectivity index (χ4n) is 2.22. The van der Waals surface area contributed by atoms with Gasteiger partial charge in [-0.05, 0) is 31.0 Å². The Balaban J connectivity index is 1.77. The quantitative estimate of drug-likeness (QED) is 0.646. The van der Waals surface area contributed by atoms with E-state index >= 15 is 0 Å². The van der Waals surface area contributed by atoms with E-state index in [-0.39, 0.29) is 0 Å². The van der Waals surface area contributed by atoms with Gasteiger partial charge < -0.3 is 9.26 Å². The van der Waals surface area contributed by atoms with Crippen molar-refractivity contribution in [3.63, 3.8) is 0 Å². The second-order valence-corrected chi connectivity index (χ2v) is 6.14. The Morgan fingerprint density at radius 1 is 1.30 bits per heavy atom. The number of benzene rings is 1. The molecule has 0 aliphatic carbocycles. The molecule has 0 radical (unpaired) electrons. The summed E-state index contributed by atoms with van der Waals surface area (Å²) in [6.07, 6.45) is 3.77. The molecule has 7 heteroatoms. The molecule has 0 saturated heterocycles. The van der Waals surface area contributed by atoms with Crippen molar-refractivity contribution in [2.24, 2.45) is 0 Å². The number of aromatic nitrogens is 4. The maximum Gasteiger partial charge on any atom is 0.237 e. The second kappa shape index (κ2) is 6.97. The van der Waals surface area contributed by atoms with Crippen LogP contribution in [0.5, 0.6) is 0 Å². The van der Waals surface area contributed by atoms with Crippen molar-refractivity contribution >= 4 is 11.8 Å². The molecule has 120 valence electrons. The molecule has 0 aliphatic heterocycles. The summed E-state index contributed by atoms with van der Waals surface area (Å²) in [4.78, 5) is 8.71. The van der Waals surface area contributed by atoms with Crippen LogP contribution in [0.15, 0.2) is 40.3 Å². The van der Waals surface area contributed by atoms with E-state index in [1.54, 1.807) is 25.1 Å². The highest BCUT2D eigenvalue weighted by Crippen LogP contribution is 2.25. The molecule has 0 spiro atoms. The largest absolute Gasteiger partial charge is 0.377 e. The van der Waals surface area contributed by atoms with E-state index in [9.17, 15) is 0 Å². The normalized spacial score (nSPS) is 11.1. The lowest BCUT2D eigenvalue weighted by molar-refractivity contribution is 0.174. The van der Waals surface area contributed by atoms with E-state index < -0.39 is 0 Å². The van der Waals surface area contributed by atoms with Crippen LogP contribution in [0.25, 0.3) is 5.69 Å². The maximum atomic E-state index is 5.20. The van der Waals surface area contributed by atoms with Crippen molar-refractivity contribution in [2.45, 2.75) is 31.4 Å². The fraction of sp³-hybridized carbons (Fsp3) is 0.312. The first kappa shape index (κ1) is 15.8. The van der Waals surface area contributed by atoms with Crippen LogP contribution >= 0.6 is 11.8 Å². The molecule has 23 heavy (non-hydrogen) atoms. The SMILES string of the molecule is COCc1noc(CSc2nccn2-c2cc(C)ccc2C)n1. The molecule has 0 fully saturated rings. The van der Waals surface area contributed by atoms with Gasteiger partial charge in [0, 0.05) is 19.5 Å². The molecule has 0 atom stereocenters. The summed E-state index contributed by atoms with van der Waals surface area (Å²) < 4.78 is 12.3. The molecule has 1 aromatic carbocycles. The predicted octanol–water partition coefficient (Wildman–Crippen LogP) is 3.31. The van der Waals surface area contributed by atoms with E-state index in [1.165, 1.54) is 11.1 Å². The minimum atomic E-state index is 0.352. The third-order valence-corrected chi connectivity index (χ3v) is 4.29. The van der Waals surface area contributed by atoms with Gasteiger partial charge in [-0.3, -0.25) is 4.57 Å². The van der Waals surface area contributed by atoms with Crippen LogP contribution in [0.2, 0.25) is 0 Å². The number of aryl methyl sites for hydroxylation is 2. The summed E-state index contributed by atoms with van der Waals surface area (Å²) in [6, 6.07) is 6.39. The Morgan fingerprint density at radius 2 is 2.17 bits per heavy atom. The van der Waals surface area contributed by atoms with Gasteiger partial charge in [0.15, 0.2) is 11.0 Å². The Labute approximate surface area is 138 Å².